The molecular formula is C80H143N3O37. The lowest BCUT2D eigenvalue weighted by molar-refractivity contribution is -0.407. The van der Waals surface area contributed by atoms with E-state index in [-0.39, 0.29) is 12.3 Å². The number of hydrogen-bond acceptors (Lipinski definition) is 37. The molecule has 37 atom stereocenters. The van der Waals surface area contributed by atoms with E-state index in [4.69, 9.17) is 66.3 Å². The number of aliphatic hydroxyl groups is 20. The smallest absolute Gasteiger partial charge is 0.220 e. The van der Waals surface area contributed by atoms with Crippen molar-refractivity contribution < 1.29 is 183 Å². The van der Waals surface area contributed by atoms with Crippen molar-refractivity contribution in [3.8, 4) is 0 Å². The number of rotatable bonds is 52. The van der Waals surface area contributed by atoms with Crippen LogP contribution in [0.1, 0.15) is 202 Å². The second-order valence-corrected chi connectivity index (χ2v) is 32.7. The Balaban J connectivity index is 1.06. The number of unbranched alkanes of at least 4 members (excludes halogenated alkanes) is 23. The first-order valence-corrected chi connectivity index (χ1v) is 43.3. The lowest BCUT2D eigenvalue weighted by atomic mass is 9.93. The van der Waals surface area contributed by atoms with Crippen molar-refractivity contribution in [2.75, 3.05) is 46.2 Å². The summed E-state index contributed by atoms with van der Waals surface area (Å²) < 4.78 is 84.3. The molecule has 14 unspecified atom stereocenters. The first-order chi connectivity index (χ1) is 57.5. The van der Waals surface area contributed by atoms with Gasteiger partial charge in [0.25, 0.3) is 0 Å². The minimum Gasteiger partial charge on any atom is -0.394 e. The summed E-state index contributed by atoms with van der Waals surface area (Å²) in [6, 6.07) is -4.69. The standard InChI is InChI=1S/C80H143N3O37/c1-6-8-10-12-14-16-18-20-22-24-26-28-30-32-45(92)44(83-52(93)33-31-29-27-25-23-21-19-17-15-13-11-9-7-2)40-107-76-65(104)62(101)69(50(38-88)113-76)116-78-66(105)63(102)68(51(39-89)114-78)115-75-54(82-43(5)91)70(57(96)47(35-85)110-75)117-80-73(120-77-64(103)61(100)55(94)41(3)108-77)72(59(98)49(37-87)112-80)119-79-67(106)71(58(97)48(36-86)111-79)118-74-53(81-42(4)90)60(99)56(95)46(34-84)109-74/h30,32,41,44-51,53-80,84-89,92,94-106H,6-29,31,33-40H2,1-5H3,(H,81,90)(H,82,91)(H,83,93)/b32-30+/t41?,44-,45+,46?,47?,48?,49?,50?,51?,53?,54?,55+,56-,57-,58-,59-,60+,61?,62+,63+,64-,65?,66?,67?,68-,69+,70+,71-,72-,73?,74-,75-,76+,77+,78-,79+,80-/m0/s1. The highest BCUT2D eigenvalue weighted by molar-refractivity contribution is 5.76. The molecule has 0 aromatic heterocycles. The maximum Gasteiger partial charge on any atom is 0.220 e. The second-order valence-electron chi connectivity index (χ2n) is 32.7. The Labute approximate surface area is 700 Å². The number of carbonyl (C=O) groups excluding carboxylic acids is 3. The van der Waals surface area contributed by atoms with E-state index in [2.05, 4.69) is 29.8 Å². The maximum absolute atomic E-state index is 13.5. The van der Waals surface area contributed by atoms with E-state index in [1.54, 1.807) is 6.08 Å². The van der Waals surface area contributed by atoms with E-state index in [0.29, 0.717) is 12.8 Å². The number of aliphatic hydroxyl groups excluding tert-OH is 20. The van der Waals surface area contributed by atoms with Crippen LogP contribution in [0.4, 0.5) is 0 Å². The summed E-state index contributed by atoms with van der Waals surface area (Å²) in [4.78, 5) is 39.3. The number of allylic oxidation sites excluding steroid dienone is 1. The zero-order valence-electron chi connectivity index (χ0n) is 69.7. The molecular weight excluding hydrogens is 1590 g/mol. The van der Waals surface area contributed by atoms with Gasteiger partial charge in [0.15, 0.2) is 44.0 Å². The van der Waals surface area contributed by atoms with Gasteiger partial charge in [-0.05, 0) is 26.2 Å². The Hall–Kier alpha value is -3.21. The Kier molecular flexibility index (Phi) is 46.3. The molecule has 40 heteroatoms. The molecule has 0 aromatic rings. The molecule has 0 spiro atoms. The van der Waals surface area contributed by atoms with Crippen LogP contribution in [0.5, 0.6) is 0 Å². The molecule has 7 rings (SSSR count). The molecule has 700 valence electrons. The average molecular weight is 1740 g/mol. The topological polar surface area (TPSA) is 621 Å². The van der Waals surface area contributed by atoms with Crippen LogP contribution in [0, 0.1) is 0 Å². The minimum atomic E-state index is -2.32. The fourth-order valence-electron chi connectivity index (χ4n) is 16.1. The van der Waals surface area contributed by atoms with Gasteiger partial charge in [0, 0.05) is 20.3 Å². The van der Waals surface area contributed by atoms with Crippen LogP contribution in [-0.4, -0.2) is 393 Å². The zero-order chi connectivity index (χ0) is 87.9. The van der Waals surface area contributed by atoms with Crippen molar-refractivity contribution in [2.24, 2.45) is 0 Å². The van der Waals surface area contributed by atoms with Gasteiger partial charge in [-0.3, -0.25) is 14.4 Å². The second kappa shape index (κ2) is 53.6. The number of nitrogens with one attached hydrogen (secondary N) is 3. The third-order valence-corrected chi connectivity index (χ3v) is 23.3. The Morgan fingerprint density at radius 2 is 0.700 bits per heavy atom. The highest BCUT2D eigenvalue weighted by Crippen LogP contribution is 2.40. The molecule has 0 aliphatic carbocycles. The molecule has 0 saturated carbocycles. The van der Waals surface area contributed by atoms with Gasteiger partial charge in [-0.2, -0.15) is 0 Å². The lowest BCUT2D eigenvalue weighted by Gasteiger charge is -2.52. The third-order valence-electron chi connectivity index (χ3n) is 23.3. The van der Waals surface area contributed by atoms with Crippen LogP contribution in [0.3, 0.4) is 0 Å². The summed E-state index contributed by atoms with van der Waals surface area (Å²) in [7, 11) is 0. The number of hydrogen-bond donors (Lipinski definition) is 23. The molecule has 7 heterocycles. The van der Waals surface area contributed by atoms with Crippen molar-refractivity contribution in [2.45, 2.75) is 429 Å². The largest absolute Gasteiger partial charge is 0.394 e. The molecule has 23 N–H and O–H groups in total. The molecule has 7 saturated heterocycles. The number of amides is 3. The summed E-state index contributed by atoms with van der Waals surface area (Å²) in [6.07, 6.45) is -35.7. The van der Waals surface area contributed by atoms with Crippen molar-refractivity contribution in [1.82, 2.24) is 16.0 Å². The van der Waals surface area contributed by atoms with Crippen molar-refractivity contribution in [3.63, 3.8) is 0 Å². The predicted octanol–water partition coefficient (Wildman–Crippen LogP) is -4.35. The van der Waals surface area contributed by atoms with E-state index >= 15 is 0 Å². The monoisotopic (exact) mass is 1740 g/mol. The van der Waals surface area contributed by atoms with Gasteiger partial charge >= 0.3 is 0 Å². The molecule has 7 fully saturated rings. The maximum atomic E-state index is 13.5. The van der Waals surface area contributed by atoms with Crippen LogP contribution in [0.25, 0.3) is 0 Å². The summed E-state index contributed by atoms with van der Waals surface area (Å²) in [5, 5.41) is 233. The summed E-state index contributed by atoms with van der Waals surface area (Å²) in [5.74, 6) is -2.09. The van der Waals surface area contributed by atoms with Crippen LogP contribution < -0.4 is 16.0 Å². The van der Waals surface area contributed by atoms with Gasteiger partial charge in [0.2, 0.25) is 17.7 Å². The lowest BCUT2D eigenvalue weighted by Crippen LogP contribution is -2.71. The number of carbonyl (C=O) groups is 3. The SMILES string of the molecule is CCCCCCCCCCCCC/C=C/[C@@H](O)[C@H](CO[C@@H]1OC(CO)[C@@H](O[C@@H]2OC(CO)[C@H](O[C@@H]3OC(CO)[C@H](O)[C@H](O[C@@H]4OC(CO)[C@H](O)[C@H](O[C@H]5OC(CO)[C@H](O)[C@H](O[C@@H]6OC(CO)[C@H](O)[C@H](O)C6NC(C)=O)C5O)C4O[C@H]4OC(C)[C@@H](O)C(O)[C@@H]4O)C3NC(C)=O)[C@H](O)C2O)[C@H](O)C1O)NC(=O)CCCCCCCCCCCCCCC. The van der Waals surface area contributed by atoms with E-state index < -0.39 is 285 Å². The average Bonchev–Trinajstić information content (AvgIpc) is 0.760. The summed E-state index contributed by atoms with van der Waals surface area (Å²) in [6.45, 7) is 0.872. The first-order valence-electron chi connectivity index (χ1n) is 43.3. The normalized spacial score (nSPS) is 39.4. The van der Waals surface area contributed by atoms with Gasteiger partial charge in [-0.25, -0.2) is 0 Å². The van der Waals surface area contributed by atoms with E-state index in [1.807, 2.05) is 6.08 Å². The fourth-order valence-corrected chi connectivity index (χ4v) is 16.1. The van der Waals surface area contributed by atoms with Gasteiger partial charge in [-0.15, -0.1) is 0 Å². The van der Waals surface area contributed by atoms with Crippen molar-refractivity contribution in [3.05, 3.63) is 12.2 Å². The van der Waals surface area contributed by atoms with Crippen molar-refractivity contribution >= 4 is 17.7 Å². The Morgan fingerprint density at radius 3 is 1.21 bits per heavy atom. The molecule has 7 aliphatic rings. The van der Waals surface area contributed by atoms with Gasteiger partial charge in [-0.1, -0.05) is 167 Å². The molecule has 7 aliphatic heterocycles. The number of ether oxygens (including phenoxy) is 14. The molecule has 40 nitrogen and oxygen atoms in total. The summed E-state index contributed by atoms with van der Waals surface area (Å²) >= 11 is 0. The van der Waals surface area contributed by atoms with Crippen LogP contribution in [0.15, 0.2) is 12.2 Å². The van der Waals surface area contributed by atoms with Gasteiger partial charge in [0.05, 0.1) is 64.5 Å². The quantitative estimate of drug-likeness (QED) is 0.0202. The molecule has 120 heavy (non-hydrogen) atoms. The highest BCUT2D eigenvalue weighted by Gasteiger charge is 2.60. The summed E-state index contributed by atoms with van der Waals surface area (Å²) in [5.41, 5.74) is 0. The van der Waals surface area contributed by atoms with Crippen LogP contribution >= 0.6 is 0 Å². The Morgan fingerprint density at radius 1 is 0.342 bits per heavy atom. The van der Waals surface area contributed by atoms with E-state index in [9.17, 15) is 117 Å². The van der Waals surface area contributed by atoms with Gasteiger partial charge < -0.3 is 184 Å². The van der Waals surface area contributed by atoms with E-state index in [0.717, 1.165) is 65.2 Å². The third kappa shape index (κ3) is 29.7. The molecule has 3 amide bonds. The van der Waals surface area contributed by atoms with Gasteiger partial charge in [0.1, 0.15) is 165 Å². The van der Waals surface area contributed by atoms with Crippen LogP contribution in [0.2, 0.25) is 0 Å². The van der Waals surface area contributed by atoms with Crippen molar-refractivity contribution in [1.29, 1.82) is 0 Å². The first kappa shape index (κ1) is 104. The Bertz CT molecular complexity index is 2870. The predicted molar refractivity (Wildman–Crippen MR) is 416 cm³/mol. The van der Waals surface area contributed by atoms with E-state index in [1.165, 1.54) is 103 Å². The fraction of sp³-hybridized carbons (Fsp3) is 0.938. The molecule has 0 aromatic carbocycles. The molecule has 0 bridgehead atoms. The minimum absolute atomic E-state index is 0.163. The highest BCUT2D eigenvalue weighted by atomic mass is 16.8. The zero-order valence-corrected chi connectivity index (χ0v) is 69.7. The van der Waals surface area contributed by atoms with Crippen LogP contribution in [-0.2, 0) is 80.7 Å². The molecule has 0 radical (unpaired) electrons.